The number of benzene rings is 1. The van der Waals surface area contributed by atoms with Crippen molar-refractivity contribution in [2.75, 3.05) is 13.1 Å². The van der Waals surface area contributed by atoms with Crippen molar-refractivity contribution in [2.24, 2.45) is 5.92 Å². The third-order valence-electron chi connectivity index (χ3n) is 3.77. The third-order valence-corrected chi connectivity index (χ3v) is 5.65. The van der Waals surface area contributed by atoms with Crippen molar-refractivity contribution >= 4 is 10.0 Å². The molecule has 0 saturated carbocycles. The summed E-state index contributed by atoms with van der Waals surface area (Å²) in [7, 11) is -3.39. The molecule has 7 heteroatoms. The zero-order valence-electron chi connectivity index (χ0n) is 11.7. The first-order valence-corrected chi connectivity index (χ1v) is 8.48. The lowest BCUT2D eigenvalue weighted by molar-refractivity contribution is 0.239. The van der Waals surface area contributed by atoms with Crippen LogP contribution in [-0.4, -0.2) is 40.6 Å². The minimum atomic E-state index is -3.39. The number of nitrogens with zero attached hydrogens (tertiary/aromatic N) is 4. The standard InChI is InChI=1S/C14H18N4O2S/c19-21(20,14-6-2-1-3-7-14)18-8-4-5-13(10-18)9-17-12-15-11-16-17/h1-3,6-7,11-13H,4-5,8-10H2/t13-/m0/s1. The minimum Gasteiger partial charge on any atom is -0.253 e. The van der Waals surface area contributed by atoms with Gasteiger partial charge < -0.3 is 0 Å². The van der Waals surface area contributed by atoms with Crippen molar-refractivity contribution in [3.8, 4) is 0 Å². The number of hydrogen-bond acceptors (Lipinski definition) is 4. The second-order valence-electron chi connectivity index (χ2n) is 5.30. The lowest BCUT2D eigenvalue weighted by Crippen LogP contribution is -2.41. The Kier molecular flexibility index (Phi) is 4.03. The van der Waals surface area contributed by atoms with Crippen LogP contribution in [0.15, 0.2) is 47.9 Å². The molecular weight excluding hydrogens is 288 g/mol. The highest BCUT2D eigenvalue weighted by Crippen LogP contribution is 2.24. The average Bonchev–Trinajstić information content (AvgIpc) is 3.01. The lowest BCUT2D eigenvalue weighted by Gasteiger charge is -2.31. The smallest absolute Gasteiger partial charge is 0.243 e. The molecule has 0 bridgehead atoms. The summed E-state index contributed by atoms with van der Waals surface area (Å²) < 4.78 is 28.6. The molecule has 0 radical (unpaired) electrons. The molecule has 2 aromatic rings. The number of hydrogen-bond donors (Lipinski definition) is 0. The molecule has 1 atom stereocenters. The molecule has 21 heavy (non-hydrogen) atoms. The van der Waals surface area contributed by atoms with Crippen LogP contribution in [0.2, 0.25) is 0 Å². The number of piperidine rings is 1. The topological polar surface area (TPSA) is 68.1 Å². The van der Waals surface area contributed by atoms with Gasteiger partial charge in [0, 0.05) is 19.6 Å². The maximum Gasteiger partial charge on any atom is 0.243 e. The van der Waals surface area contributed by atoms with E-state index in [4.69, 9.17) is 0 Å². The molecule has 0 N–H and O–H groups in total. The molecule has 6 nitrogen and oxygen atoms in total. The maximum absolute atomic E-state index is 12.6. The summed E-state index contributed by atoms with van der Waals surface area (Å²) in [6.45, 7) is 1.84. The summed E-state index contributed by atoms with van der Waals surface area (Å²) in [5, 5.41) is 4.09. The van der Waals surface area contributed by atoms with Gasteiger partial charge in [-0.1, -0.05) is 18.2 Å². The average molecular weight is 306 g/mol. The Morgan fingerprint density at radius 3 is 2.76 bits per heavy atom. The predicted molar refractivity (Wildman–Crippen MR) is 77.9 cm³/mol. The van der Waals surface area contributed by atoms with Gasteiger partial charge in [-0.15, -0.1) is 0 Å². The first-order valence-electron chi connectivity index (χ1n) is 7.04. The molecule has 0 aliphatic carbocycles. The van der Waals surface area contributed by atoms with E-state index in [2.05, 4.69) is 10.1 Å². The van der Waals surface area contributed by atoms with Crippen LogP contribution in [0.25, 0.3) is 0 Å². The van der Waals surface area contributed by atoms with Gasteiger partial charge in [0.2, 0.25) is 10.0 Å². The van der Waals surface area contributed by atoms with E-state index in [-0.39, 0.29) is 5.92 Å². The van der Waals surface area contributed by atoms with Crippen LogP contribution in [0.5, 0.6) is 0 Å². The van der Waals surface area contributed by atoms with Gasteiger partial charge in [-0.25, -0.2) is 13.4 Å². The van der Waals surface area contributed by atoms with E-state index in [1.807, 2.05) is 6.07 Å². The molecular formula is C14H18N4O2S. The summed E-state index contributed by atoms with van der Waals surface area (Å²) in [4.78, 5) is 4.29. The fourth-order valence-electron chi connectivity index (χ4n) is 2.73. The SMILES string of the molecule is O=S(=O)(c1ccccc1)N1CCC[C@@H](Cn2cncn2)C1. The van der Waals surface area contributed by atoms with Crippen LogP contribution in [0, 0.1) is 5.92 Å². The molecule has 1 fully saturated rings. The Morgan fingerprint density at radius 2 is 2.05 bits per heavy atom. The van der Waals surface area contributed by atoms with E-state index in [0.29, 0.717) is 24.5 Å². The van der Waals surface area contributed by atoms with Crippen LogP contribution >= 0.6 is 0 Å². The summed E-state index contributed by atoms with van der Waals surface area (Å²) in [6, 6.07) is 8.63. The Balaban J connectivity index is 1.74. The zero-order chi connectivity index (χ0) is 14.7. The normalized spacial score (nSPS) is 20.5. The van der Waals surface area contributed by atoms with E-state index in [1.165, 1.54) is 6.33 Å². The van der Waals surface area contributed by atoms with Gasteiger partial charge in [-0.05, 0) is 30.9 Å². The van der Waals surface area contributed by atoms with Crippen molar-refractivity contribution in [3.05, 3.63) is 43.0 Å². The Morgan fingerprint density at radius 1 is 1.24 bits per heavy atom. The molecule has 112 valence electrons. The quantitative estimate of drug-likeness (QED) is 0.856. The van der Waals surface area contributed by atoms with Crippen molar-refractivity contribution in [2.45, 2.75) is 24.3 Å². The molecule has 3 rings (SSSR count). The fraction of sp³-hybridized carbons (Fsp3) is 0.429. The lowest BCUT2D eigenvalue weighted by atomic mass is 10.00. The molecule has 1 saturated heterocycles. The Labute approximate surface area is 124 Å². The molecule has 0 spiro atoms. The van der Waals surface area contributed by atoms with Gasteiger partial charge in [0.1, 0.15) is 12.7 Å². The van der Waals surface area contributed by atoms with Gasteiger partial charge in [0.25, 0.3) is 0 Å². The van der Waals surface area contributed by atoms with Gasteiger partial charge in [-0.2, -0.15) is 9.40 Å². The number of aromatic nitrogens is 3. The van der Waals surface area contributed by atoms with Crippen molar-refractivity contribution < 1.29 is 8.42 Å². The van der Waals surface area contributed by atoms with E-state index < -0.39 is 10.0 Å². The Hall–Kier alpha value is -1.73. The molecule has 1 aliphatic heterocycles. The first-order chi connectivity index (χ1) is 10.2. The van der Waals surface area contributed by atoms with E-state index in [9.17, 15) is 8.42 Å². The summed E-state index contributed by atoms with van der Waals surface area (Å²) in [5.74, 6) is 0.277. The van der Waals surface area contributed by atoms with Crippen molar-refractivity contribution in [3.63, 3.8) is 0 Å². The van der Waals surface area contributed by atoms with Gasteiger partial charge in [0.15, 0.2) is 0 Å². The van der Waals surface area contributed by atoms with Crippen molar-refractivity contribution in [1.29, 1.82) is 0 Å². The largest absolute Gasteiger partial charge is 0.253 e. The fourth-order valence-corrected chi connectivity index (χ4v) is 4.30. The molecule has 0 unspecified atom stereocenters. The van der Waals surface area contributed by atoms with Crippen LogP contribution in [-0.2, 0) is 16.6 Å². The summed E-state index contributed by atoms with van der Waals surface area (Å²) in [5.41, 5.74) is 0. The predicted octanol–water partition coefficient (Wildman–Crippen LogP) is 1.38. The maximum atomic E-state index is 12.6. The molecule has 1 aromatic heterocycles. The van der Waals surface area contributed by atoms with E-state index >= 15 is 0 Å². The van der Waals surface area contributed by atoms with Gasteiger partial charge >= 0.3 is 0 Å². The van der Waals surface area contributed by atoms with Crippen LogP contribution in [0.1, 0.15) is 12.8 Å². The van der Waals surface area contributed by atoms with E-state index in [0.717, 1.165) is 12.8 Å². The first kappa shape index (κ1) is 14.2. The highest BCUT2D eigenvalue weighted by Gasteiger charge is 2.30. The zero-order valence-corrected chi connectivity index (χ0v) is 12.5. The summed E-state index contributed by atoms with van der Waals surface area (Å²) >= 11 is 0. The second-order valence-corrected chi connectivity index (χ2v) is 7.24. The monoisotopic (exact) mass is 306 g/mol. The van der Waals surface area contributed by atoms with E-state index in [1.54, 1.807) is 39.6 Å². The highest BCUT2D eigenvalue weighted by atomic mass is 32.2. The number of rotatable bonds is 4. The van der Waals surface area contributed by atoms with Gasteiger partial charge in [0.05, 0.1) is 4.90 Å². The van der Waals surface area contributed by atoms with Crippen LogP contribution in [0.4, 0.5) is 0 Å². The highest BCUT2D eigenvalue weighted by molar-refractivity contribution is 7.89. The number of sulfonamides is 1. The van der Waals surface area contributed by atoms with Gasteiger partial charge in [-0.3, -0.25) is 4.68 Å². The van der Waals surface area contributed by atoms with Crippen LogP contribution in [0.3, 0.4) is 0 Å². The molecule has 2 heterocycles. The molecule has 1 aliphatic rings. The Bertz CT molecular complexity index is 670. The summed E-state index contributed by atoms with van der Waals surface area (Å²) in [6.07, 6.45) is 5.07. The minimum absolute atomic E-state index is 0.277. The second kappa shape index (κ2) is 5.95. The third kappa shape index (κ3) is 3.14. The molecule has 1 aromatic carbocycles. The molecule has 0 amide bonds. The van der Waals surface area contributed by atoms with Crippen LogP contribution < -0.4 is 0 Å². The van der Waals surface area contributed by atoms with Crippen molar-refractivity contribution in [1.82, 2.24) is 19.1 Å².